The first-order chi connectivity index (χ1) is 3.30. The molecule has 0 radical (unpaired) electrons. The molecule has 1 rings (SSSR count). The van der Waals surface area contributed by atoms with E-state index in [1.165, 1.54) is 0 Å². The maximum Gasteiger partial charge on any atom is 0.154 e. The Morgan fingerprint density at radius 3 is 2.71 bits per heavy atom. The fourth-order valence-electron chi connectivity index (χ4n) is 0.524. The van der Waals surface area contributed by atoms with Gasteiger partial charge in [0.05, 0.1) is 4.83 Å². The number of alkyl halides is 1. The van der Waals surface area contributed by atoms with Crippen LogP contribution in [0, 0.1) is 0 Å². The molecular formula is C5H5BrO. The van der Waals surface area contributed by atoms with Crippen molar-refractivity contribution in [2.75, 3.05) is 0 Å². The number of allylic oxidation sites excluding steroid dienone is 2. The summed E-state index contributed by atoms with van der Waals surface area (Å²) >= 11 is 3.17. The lowest BCUT2D eigenvalue weighted by molar-refractivity contribution is -0.116. The number of rotatable bonds is 0. The largest absolute Gasteiger partial charge is 0.298 e. The van der Waals surface area contributed by atoms with Crippen molar-refractivity contribution in [3.8, 4) is 0 Å². The summed E-state index contributed by atoms with van der Waals surface area (Å²) in [6.07, 6.45) is 4.35. The van der Waals surface area contributed by atoms with E-state index in [1.807, 2.05) is 12.2 Å². The summed E-state index contributed by atoms with van der Waals surface area (Å²) in [4.78, 5) is 10.5. The van der Waals surface area contributed by atoms with Gasteiger partial charge in [0, 0.05) is 6.42 Å². The van der Waals surface area contributed by atoms with Gasteiger partial charge >= 0.3 is 0 Å². The molecule has 0 heterocycles. The van der Waals surface area contributed by atoms with Crippen LogP contribution in [0.4, 0.5) is 0 Å². The maximum absolute atomic E-state index is 10.5. The number of carbonyl (C=O) groups excluding carboxylic acids is 1. The van der Waals surface area contributed by atoms with Gasteiger partial charge in [-0.3, -0.25) is 4.79 Å². The minimum Gasteiger partial charge on any atom is -0.298 e. The Morgan fingerprint density at radius 1 is 1.86 bits per heavy atom. The summed E-state index contributed by atoms with van der Waals surface area (Å²) in [6, 6.07) is 0. The van der Waals surface area contributed by atoms with E-state index in [0.717, 1.165) is 0 Å². The lowest BCUT2D eigenvalue weighted by Gasteiger charge is -1.87. The van der Waals surface area contributed by atoms with Crippen LogP contribution in [0.5, 0.6) is 0 Å². The topological polar surface area (TPSA) is 17.1 Å². The van der Waals surface area contributed by atoms with Gasteiger partial charge in [0.2, 0.25) is 0 Å². The Kier molecular flexibility index (Phi) is 1.28. The Bertz CT molecular complexity index is 117. The van der Waals surface area contributed by atoms with Gasteiger partial charge in [0.15, 0.2) is 5.78 Å². The summed E-state index contributed by atoms with van der Waals surface area (Å²) in [5, 5.41) is 0. The molecule has 1 unspecified atom stereocenters. The molecule has 0 saturated carbocycles. The predicted octanol–water partition coefficient (Wildman–Crippen LogP) is 1.28. The van der Waals surface area contributed by atoms with Crippen molar-refractivity contribution >= 4 is 21.7 Å². The summed E-state index contributed by atoms with van der Waals surface area (Å²) in [7, 11) is 0. The first kappa shape index (κ1) is 5.04. The van der Waals surface area contributed by atoms with Crippen molar-refractivity contribution in [3.63, 3.8) is 0 Å². The van der Waals surface area contributed by atoms with Gasteiger partial charge in [0.1, 0.15) is 0 Å². The maximum atomic E-state index is 10.5. The van der Waals surface area contributed by atoms with Crippen LogP contribution in [0.2, 0.25) is 0 Å². The molecule has 0 saturated heterocycles. The molecule has 38 valence electrons. The zero-order valence-corrected chi connectivity index (χ0v) is 5.31. The van der Waals surface area contributed by atoms with Crippen molar-refractivity contribution in [3.05, 3.63) is 12.2 Å². The molecule has 1 atom stereocenters. The summed E-state index contributed by atoms with van der Waals surface area (Å²) in [5.74, 6) is 0.264. The molecule has 1 aliphatic rings. The lowest BCUT2D eigenvalue weighted by atomic mass is 10.3. The number of halogens is 1. The predicted molar refractivity (Wildman–Crippen MR) is 31.5 cm³/mol. The second kappa shape index (κ2) is 1.78. The highest BCUT2D eigenvalue weighted by Gasteiger charge is 2.13. The standard InChI is InChI=1S/C5H5BrO/c6-4-2-1-3-5(4)7/h1-2,4H,3H2. The molecule has 0 aromatic carbocycles. The van der Waals surface area contributed by atoms with E-state index in [4.69, 9.17) is 0 Å². The first-order valence-corrected chi connectivity index (χ1v) is 3.06. The third-order valence-corrected chi connectivity index (χ3v) is 1.75. The van der Waals surface area contributed by atoms with Crippen LogP contribution in [-0.4, -0.2) is 10.6 Å². The zero-order valence-electron chi connectivity index (χ0n) is 3.73. The van der Waals surface area contributed by atoms with Crippen molar-refractivity contribution in [2.45, 2.75) is 11.2 Å². The monoisotopic (exact) mass is 160 g/mol. The summed E-state index contributed by atoms with van der Waals surface area (Å²) < 4.78 is 0. The van der Waals surface area contributed by atoms with Gasteiger partial charge in [-0.1, -0.05) is 28.1 Å². The van der Waals surface area contributed by atoms with E-state index in [1.54, 1.807) is 0 Å². The van der Waals surface area contributed by atoms with Crippen LogP contribution in [0.3, 0.4) is 0 Å². The molecule has 0 aliphatic heterocycles. The second-order valence-corrected chi connectivity index (χ2v) is 2.49. The molecule has 1 nitrogen and oxygen atoms in total. The van der Waals surface area contributed by atoms with E-state index >= 15 is 0 Å². The van der Waals surface area contributed by atoms with Gasteiger partial charge < -0.3 is 0 Å². The van der Waals surface area contributed by atoms with Crippen LogP contribution in [0.25, 0.3) is 0 Å². The Morgan fingerprint density at radius 2 is 2.57 bits per heavy atom. The molecular weight excluding hydrogens is 156 g/mol. The van der Waals surface area contributed by atoms with Crippen molar-refractivity contribution in [1.29, 1.82) is 0 Å². The molecule has 7 heavy (non-hydrogen) atoms. The normalized spacial score (nSPS) is 29.3. The molecule has 0 aromatic heterocycles. The second-order valence-electron chi connectivity index (χ2n) is 1.50. The van der Waals surface area contributed by atoms with E-state index < -0.39 is 0 Å². The molecule has 0 spiro atoms. The van der Waals surface area contributed by atoms with E-state index in [0.29, 0.717) is 6.42 Å². The molecule has 0 amide bonds. The molecule has 0 aromatic rings. The highest BCUT2D eigenvalue weighted by molar-refractivity contribution is 9.10. The smallest absolute Gasteiger partial charge is 0.154 e. The van der Waals surface area contributed by atoms with Crippen LogP contribution in [0.1, 0.15) is 6.42 Å². The fourth-order valence-corrected chi connectivity index (χ4v) is 0.926. The van der Waals surface area contributed by atoms with Gasteiger partial charge in [0.25, 0.3) is 0 Å². The third kappa shape index (κ3) is 0.911. The minimum absolute atomic E-state index is 0.00694. The van der Waals surface area contributed by atoms with E-state index in [9.17, 15) is 4.79 Å². The molecule has 0 fully saturated rings. The lowest BCUT2D eigenvalue weighted by Crippen LogP contribution is -2.02. The number of ketones is 1. The number of carbonyl (C=O) groups is 1. The Hall–Kier alpha value is -0.110. The summed E-state index contributed by atoms with van der Waals surface area (Å²) in [6.45, 7) is 0. The molecule has 0 bridgehead atoms. The molecule has 2 heteroatoms. The number of hydrogen-bond donors (Lipinski definition) is 0. The highest BCUT2D eigenvalue weighted by atomic mass is 79.9. The molecule has 1 aliphatic carbocycles. The highest BCUT2D eigenvalue weighted by Crippen LogP contribution is 2.12. The van der Waals surface area contributed by atoms with E-state index in [-0.39, 0.29) is 10.6 Å². The van der Waals surface area contributed by atoms with Crippen molar-refractivity contribution in [2.24, 2.45) is 0 Å². The van der Waals surface area contributed by atoms with Crippen LogP contribution in [0.15, 0.2) is 12.2 Å². The Balaban J connectivity index is 2.62. The van der Waals surface area contributed by atoms with Crippen LogP contribution >= 0.6 is 15.9 Å². The minimum atomic E-state index is 0.00694. The van der Waals surface area contributed by atoms with Gasteiger partial charge in [-0.15, -0.1) is 0 Å². The average Bonchev–Trinajstić information content (AvgIpc) is 1.91. The van der Waals surface area contributed by atoms with Gasteiger partial charge in [-0.2, -0.15) is 0 Å². The van der Waals surface area contributed by atoms with Crippen LogP contribution in [-0.2, 0) is 4.79 Å². The quantitative estimate of drug-likeness (QED) is 0.386. The van der Waals surface area contributed by atoms with Crippen molar-refractivity contribution < 1.29 is 4.79 Å². The first-order valence-electron chi connectivity index (χ1n) is 2.14. The number of hydrogen-bond acceptors (Lipinski definition) is 1. The SMILES string of the molecule is O=C1CC=CC1Br. The third-order valence-electron chi connectivity index (χ3n) is 0.932. The number of Topliss-reactive ketones (excluding diaryl/α,β-unsaturated/α-hetero) is 1. The summed E-state index contributed by atoms with van der Waals surface area (Å²) in [5.41, 5.74) is 0. The fraction of sp³-hybridized carbons (Fsp3) is 0.400. The van der Waals surface area contributed by atoms with Crippen LogP contribution < -0.4 is 0 Å². The molecule has 0 N–H and O–H groups in total. The van der Waals surface area contributed by atoms with Crippen molar-refractivity contribution in [1.82, 2.24) is 0 Å². The average molecular weight is 161 g/mol. The Labute approximate surface area is 50.5 Å². The van der Waals surface area contributed by atoms with Gasteiger partial charge in [-0.05, 0) is 0 Å². The van der Waals surface area contributed by atoms with E-state index in [2.05, 4.69) is 15.9 Å². The van der Waals surface area contributed by atoms with Gasteiger partial charge in [-0.25, -0.2) is 0 Å². The zero-order chi connectivity index (χ0) is 5.28.